The quantitative estimate of drug-likeness (QED) is 0.750. The molecule has 0 aliphatic heterocycles. The molecule has 2 N–H and O–H groups in total. The van der Waals surface area contributed by atoms with Gasteiger partial charge in [-0.25, -0.2) is 9.97 Å². The summed E-state index contributed by atoms with van der Waals surface area (Å²) in [5, 5.41) is 5.76. The van der Waals surface area contributed by atoms with Crippen LogP contribution in [0.25, 0.3) is 10.2 Å². The number of rotatable bonds is 4. The highest BCUT2D eigenvalue weighted by molar-refractivity contribution is 7.22. The molecule has 5 nitrogen and oxygen atoms in total. The van der Waals surface area contributed by atoms with Crippen LogP contribution in [0.5, 0.6) is 0 Å². The molecule has 0 fully saturated rings. The predicted molar refractivity (Wildman–Crippen MR) is 86.0 cm³/mol. The van der Waals surface area contributed by atoms with E-state index in [2.05, 4.69) is 20.6 Å². The number of halogens is 3. The van der Waals surface area contributed by atoms with Gasteiger partial charge < -0.3 is 10.6 Å². The summed E-state index contributed by atoms with van der Waals surface area (Å²) in [5.41, 5.74) is -0.512. The minimum Gasteiger partial charge on any atom is -0.352 e. The van der Waals surface area contributed by atoms with Gasteiger partial charge in [-0.15, -0.1) is 0 Å². The molecule has 0 unspecified atom stereocenters. The topological polar surface area (TPSA) is 66.9 Å². The average molecular weight is 352 g/mol. The highest BCUT2D eigenvalue weighted by atomic mass is 32.1. The minimum absolute atomic E-state index is 0.0669. The van der Waals surface area contributed by atoms with Crippen molar-refractivity contribution in [2.24, 2.45) is 0 Å². The summed E-state index contributed by atoms with van der Waals surface area (Å²) in [6, 6.07) is 8.48. The van der Waals surface area contributed by atoms with E-state index in [1.54, 1.807) is 24.4 Å². The van der Waals surface area contributed by atoms with Gasteiger partial charge >= 0.3 is 6.18 Å². The fourth-order valence-corrected chi connectivity index (χ4v) is 2.80. The molecule has 9 heteroatoms. The van der Waals surface area contributed by atoms with Crippen molar-refractivity contribution < 1.29 is 18.0 Å². The second kappa shape index (κ2) is 6.44. The molecule has 0 spiro atoms. The molecule has 1 amide bonds. The molecule has 124 valence electrons. The Hall–Kier alpha value is -2.68. The van der Waals surface area contributed by atoms with E-state index in [1.807, 2.05) is 0 Å². The van der Waals surface area contributed by atoms with Gasteiger partial charge in [-0.05, 0) is 30.3 Å². The first-order valence-corrected chi connectivity index (χ1v) is 7.66. The van der Waals surface area contributed by atoms with Gasteiger partial charge in [0.1, 0.15) is 5.82 Å². The van der Waals surface area contributed by atoms with E-state index in [0.29, 0.717) is 15.6 Å². The number of pyridine rings is 1. The van der Waals surface area contributed by atoms with Gasteiger partial charge in [0.15, 0.2) is 5.13 Å². The van der Waals surface area contributed by atoms with Gasteiger partial charge in [0.05, 0.1) is 22.3 Å². The van der Waals surface area contributed by atoms with Crippen molar-refractivity contribution in [2.45, 2.75) is 6.18 Å². The van der Waals surface area contributed by atoms with E-state index < -0.39 is 11.7 Å². The van der Waals surface area contributed by atoms with E-state index in [0.717, 1.165) is 12.1 Å². The lowest BCUT2D eigenvalue weighted by Crippen LogP contribution is -2.22. The minimum atomic E-state index is -4.41. The second-order valence-electron chi connectivity index (χ2n) is 4.82. The van der Waals surface area contributed by atoms with Crippen LogP contribution in [0.1, 0.15) is 5.56 Å². The third kappa shape index (κ3) is 3.80. The first-order chi connectivity index (χ1) is 11.4. The molecule has 0 atom stereocenters. The van der Waals surface area contributed by atoms with Crippen LogP contribution >= 0.6 is 11.3 Å². The highest BCUT2D eigenvalue weighted by Gasteiger charge is 2.30. The Kier molecular flexibility index (Phi) is 4.34. The molecule has 3 aromatic rings. The largest absolute Gasteiger partial charge is 0.416 e. The number of hydrogen-bond acceptors (Lipinski definition) is 5. The lowest BCUT2D eigenvalue weighted by atomic mass is 10.2. The highest BCUT2D eigenvalue weighted by Crippen LogP contribution is 2.33. The Labute approximate surface area is 138 Å². The van der Waals surface area contributed by atoms with Crippen molar-refractivity contribution in [2.75, 3.05) is 17.2 Å². The smallest absolute Gasteiger partial charge is 0.352 e. The number of anilines is 2. The number of aromatic nitrogens is 2. The molecule has 3 rings (SSSR count). The molecule has 1 aromatic carbocycles. The maximum Gasteiger partial charge on any atom is 0.416 e. The second-order valence-corrected chi connectivity index (χ2v) is 5.85. The molecular weight excluding hydrogens is 341 g/mol. The Balaban J connectivity index is 1.66. The van der Waals surface area contributed by atoms with E-state index >= 15 is 0 Å². The third-order valence-corrected chi connectivity index (χ3v) is 4.04. The first kappa shape index (κ1) is 16.2. The first-order valence-electron chi connectivity index (χ1n) is 6.84. The van der Waals surface area contributed by atoms with Gasteiger partial charge in [-0.1, -0.05) is 17.4 Å². The summed E-state index contributed by atoms with van der Waals surface area (Å²) >= 11 is 1.18. The number of fused-ring (bicyclic) bond motifs is 1. The Bertz CT molecular complexity index is 864. The van der Waals surface area contributed by atoms with Gasteiger partial charge in [0.25, 0.3) is 0 Å². The SMILES string of the molecule is O=C(CNc1nc2cc(C(F)(F)F)ccc2s1)Nc1ccccn1. The number of carbonyl (C=O) groups is 1. The van der Waals surface area contributed by atoms with E-state index in [1.165, 1.54) is 17.4 Å². The Morgan fingerprint density at radius 1 is 1.21 bits per heavy atom. The number of benzene rings is 1. The summed E-state index contributed by atoms with van der Waals surface area (Å²) in [6.45, 7) is -0.0669. The molecule has 24 heavy (non-hydrogen) atoms. The lowest BCUT2D eigenvalue weighted by Gasteiger charge is -2.05. The number of nitrogens with one attached hydrogen (secondary N) is 2. The molecule has 2 aromatic heterocycles. The van der Waals surface area contributed by atoms with E-state index in [9.17, 15) is 18.0 Å². The van der Waals surface area contributed by atoms with Crippen molar-refractivity contribution in [3.8, 4) is 0 Å². The summed E-state index contributed by atoms with van der Waals surface area (Å²) in [5.74, 6) is 0.0901. The standard InChI is InChI=1S/C15H11F3N4OS/c16-15(17,18)9-4-5-11-10(7-9)21-14(24-11)20-8-13(23)22-12-3-1-2-6-19-12/h1-7H,8H2,(H,20,21)(H,19,22,23). The predicted octanol–water partition coefficient (Wildman–Crippen LogP) is 3.76. The zero-order valence-electron chi connectivity index (χ0n) is 12.1. The van der Waals surface area contributed by atoms with Crippen molar-refractivity contribution >= 4 is 38.4 Å². The van der Waals surface area contributed by atoms with E-state index in [4.69, 9.17) is 0 Å². The number of thiazole rings is 1. The summed E-state index contributed by atoms with van der Waals surface area (Å²) in [6.07, 6.45) is -2.86. The normalized spacial score (nSPS) is 11.5. The van der Waals surface area contributed by atoms with Crippen molar-refractivity contribution in [1.29, 1.82) is 0 Å². The van der Waals surface area contributed by atoms with Crippen LogP contribution in [0.2, 0.25) is 0 Å². The number of alkyl halides is 3. The number of nitrogens with zero attached hydrogens (tertiary/aromatic N) is 2. The van der Waals surface area contributed by atoms with Gasteiger partial charge in [-0.2, -0.15) is 13.2 Å². The van der Waals surface area contributed by atoms with Crippen LogP contribution in [-0.2, 0) is 11.0 Å². The maximum atomic E-state index is 12.7. The van der Waals surface area contributed by atoms with Crippen LogP contribution in [-0.4, -0.2) is 22.4 Å². The van der Waals surface area contributed by atoms with E-state index in [-0.39, 0.29) is 18.0 Å². The summed E-state index contributed by atoms with van der Waals surface area (Å²) in [4.78, 5) is 19.8. The van der Waals surface area contributed by atoms with Crippen LogP contribution in [0, 0.1) is 0 Å². The Morgan fingerprint density at radius 3 is 2.75 bits per heavy atom. The molecule has 0 saturated heterocycles. The number of amides is 1. The van der Waals surface area contributed by atoms with Gasteiger partial charge in [0, 0.05) is 6.20 Å². The molecule has 0 bridgehead atoms. The van der Waals surface area contributed by atoms with Crippen LogP contribution in [0.3, 0.4) is 0 Å². The van der Waals surface area contributed by atoms with Crippen molar-refractivity contribution in [3.63, 3.8) is 0 Å². The molecule has 0 aliphatic carbocycles. The molecule has 0 radical (unpaired) electrons. The maximum absolute atomic E-state index is 12.7. The van der Waals surface area contributed by atoms with Crippen LogP contribution in [0.4, 0.5) is 24.1 Å². The fourth-order valence-electron chi connectivity index (χ4n) is 1.96. The summed E-state index contributed by atoms with van der Waals surface area (Å²) < 4.78 is 38.7. The monoisotopic (exact) mass is 352 g/mol. The molecular formula is C15H11F3N4OS. The average Bonchev–Trinajstić information content (AvgIpc) is 2.95. The third-order valence-electron chi connectivity index (χ3n) is 3.05. The van der Waals surface area contributed by atoms with Gasteiger partial charge in [0.2, 0.25) is 5.91 Å². The molecule has 0 aliphatic rings. The van der Waals surface area contributed by atoms with Crippen molar-refractivity contribution in [3.05, 3.63) is 48.2 Å². The molecule has 0 saturated carbocycles. The summed E-state index contributed by atoms with van der Waals surface area (Å²) in [7, 11) is 0. The number of hydrogen-bond donors (Lipinski definition) is 2. The van der Waals surface area contributed by atoms with Crippen molar-refractivity contribution in [1.82, 2.24) is 9.97 Å². The fraction of sp³-hybridized carbons (Fsp3) is 0.133. The Morgan fingerprint density at radius 2 is 2.04 bits per heavy atom. The van der Waals surface area contributed by atoms with Crippen LogP contribution in [0.15, 0.2) is 42.6 Å². The zero-order valence-corrected chi connectivity index (χ0v) is 12.9. The van der Waals surface area contributed by atoms with Gasteiger partial charge in [-0.3, -0.25) is 4.79 Å². The zero-order chi connectivity index (χ0) is 17.2. The molecule has 2 heterocycles. The lowest BCUT2D eigenvalue weighted by molar-refractivity contribution is -0.137. The van der Waals surface area contributed by atoms with Crippen LogP contribution < -0.4 is 10.6 Å². The number of carbonyl (C=O) groups excluding carboxylic acids is 1.